The Morgan fingerprint density at radius 2 is 1.67 bits per heavy atom. The second-order valence-electron chi connectivity index (χ2n) is 10.2. The van der Waals surface area contributed by atoms with Crippen molar-refractivity contribution >= 4 is 29.0 Å². The summed E-state index contributed by atoms with van der Waals surface area (Å²) in [6, 6.07) is 14.7. The molecule has 5 rings (SSSR count). The average molecular weight is 601 g/mol. The summed E-state index contributed by atoms with van der Waals surface area (Å²) in [6.45, 7) is 3.29. The molecule has 12 heteroatoms. The molecule has 0 radical (unpaired) electrons. The Morgan fingerprint density at radius 3 is 2.35 bits per heavy atom. The van der Waals surface area contributed by atoms with Crippen LogP contribution in [0.25, 0.3) is 0 Å². The van der Waals surface area contributed by atoms with Gasteiger partial charge in [-0.15, -0.1) is 0 Å². The van der Waals surface area contributed by atoms with Gasteiger partial charge in [-0.2, -0.15) is 13.2 Å². The molecule has 3 aromatic carbocycles. The van der Waals surface area contributed by atoms with Crippen molar-refractivity contribution in [3.8, 4) is 11.5 Å². The zero-order chi connectivity index (χ0) is 30.7. The normalized spacial score (nSPS) is 16.9. The topological polar surface area (TPSA) is 66.8 Å². The number of halogens is 4. The lowest BCUT2D eigenvalue weighted by Gasteiger charge is -2.45. The third kappa shape index (κ3) is 6.32. The zero-order valence-corrected chi connectivity index (χ0v) is 24.0. The lowest BCUT2D eigenvalue weighted by molar-refractivity contribution is -0.141. The predicted molar refractivity (Wildman–Crippen MR) is 155 cm³/mol. The van der Waals surface area contributed by atoms with Crippen LogP contribution in [0.2, 0.25) is 0 Å². The SMILES string of the molecule is COc1cccc(N2CCN(C3=Nc4c(F)cccc4C(CCOC(C)=O)N3c3cc(C(F)(F)F)ccc3OC)CC2)c1. The minimum Gasteiger partial charge on any atom is -0.497 e. The van der Waals surface area contributed by atoms with Crippen LogP contribution in [0.4, 0.5) is 34.6 Å². The predicted octanol–water partition coefficient (Wildman–Crippen LogP) is 6.19. The molecule has 0 saturated carbocycles. The maximum Gasteiger partial charge on any atom is 0.416 e. The van der Waals surface area contributed by atoms with E-state index in [4.69, 9.17) is 19.2 Å². The molecule has 2 aliphatic rings. The van der Waals surface area contributed by atoms with E-state index in [1.165, 1.54) is 32.2 Å². The van der Waals surface area contributed by atoms with Crippen molar-refractivity contribution in [2.24, 2.45) is 4.99 Å². The van der Waals surface area contributed by atoms with Gasteiger partial charge in [-0.25, -0.2) is 9.38 Å². The van der Waals surface area contributed by atoms with Gasteiger partial charge in [0, 0.05) is 56.8 Å². The standard InChI is InChI=1S/C31H32F4N4O4/c1-20(40)43-17-12-26-24-8-5-9-25(32)29(24)36-30(39(26)27-18-21(31(33,34)35)10-11-28(27)42-3)38-15-13-37(14-16-38)22-6-4-7-23(19-22)41-2/h4-11,18-19,26H,12-17H2,1-3H3. The molecular formula is C31H32F4N4O4. The molecule has 0 spiro atoms. The smallest absolute Gasteiger partial charge is 0.416 e. The van der Waals surface area contributed by atoms with Crippen molar-refractivity contribution in [1.82, 2.24) is 4.90 Å². The minimum absolute atomic E-state index is 0.0371. The van der Waals surface area contributed by atoms with Gasteiger partial charge in [0.05, 0.1) is 38.1 Å². The largest absolute Gasteiger partial charge is 0.497 e. The molecule has 2 heterocycles. The van der Waals surface area contributed by atoms with E-state index in [-0.39, 0.29) is 36.1 Å². The van der Waals surface area contributed by atoms with Crippen molar-refractivity contribution in [2.75, 3.05) is 56.8 Å². The first-order chi connectivity index (χ1) is 20.6. The number of fused-ring (bicyclic) bond motifs is 1. The number of piperazine rings is 1. The third-order valence-corrected chi connectivity index (χ3v) is 7.56. The number of anilines is 2. The van der Waals surface area contributed by atoms with E-state index < -0.39 is 29.6 Å². The first-order valence-corrected chi connectivity index (χ1v) is 13.8. The molecular weight excluding hydrogens is 568 g/mol. The van der Waals surface area contributed by atoms with Crippen LogP contribution in [0.1, 0.15) is 30.5 Å². The minimum atomic E-state index is -4.62. The summed E-state index contributed by atoms with van der Waals surface area (Å²) >= 11 is 0. The molecule has 228 valence electrons. The van der Waals surface area contributed by atoms with E-state index in [1.54, 1.807) is 18.1 Å². The second-order valence-corrected chi connectivity index (χ2v) is 10.2. The highest BCUT2D eigenvalue weighted by atomic mass is 19.4. The van der Waals surface area contributed by atoms with Crippen molar-refractivity contribution in [3.63, 3.8) is 0 Å². The molecule has 0 N–H and O–H groups in total. The van der Waals surface area contributed by atoms with E-state index in [0.717, 1.165) is 23.6 Å². The Balaban J connectivity index is 1.59. The van der Waals surface area contributed by atoms with Crippen LogP contribution < -0.4 is 19.3 Å². The Bertz CT molecular complexity index is 1510. The highest BCUT2D eigenvalue weighted by Crippen LogP contribution is 2.46. The number of benzene rings is 3. The summed E-state index contributed by atoms with van der Waals surface area (Å²) < 4.78 is 73.2. The lowest BCUT2D eigenvalue weighted by atomic mass is 9.97. The molecule has 0 bridgehead atoms. The average Bonchev–Trinajstić information content (AvgIpc) is 3.00. The van der Waals surface area contributed by atoms with Gasteiger partial charge in [0.25, 0.3) is 0 Å². The number of hydrogen-bond acceptors (Lipinski definition) is 8. The van der Waals surface area contributed by atoms with Gasteiger partial charge in [0.15, 0.2) is 0 Å². The van der Waals surface area contributed by atoms with Crippen molar-refractivity contribution in [3.05, 3.63) is 77.6 Å². The third-order valence-electron chi connectivity index (χ3n) is 7.56. The zero-order valence-electron chi connectivity index (χ0n) is 24.0. The molecule has 1 fully saturated rings. The maximum absolute atomic E-state index is 15.3. The Morgan fingerprint density at radius 1 is 0.953 bits per heavy atom. The Kier molecular flexibility index (Phi) is 8.65. The molecule has 1 saturated heterocycles. The van der Waals surface area contributed by atoms with E-state index in [1.807, 2.05) is 29.2 Å². The molecule has 0 amide bonds. The molecule has 2 aliphatic heterocycles. The number of carbonyl (C=O) groups excluding carboxylic acids is 1. The van der Waals surface area contributed by atoms with Crippen LogP contribution in [-0.4, -0.2) is 63.8 Å². The highest BCUT2D eigenvalue weighted by molar-refractivity contribution is 6.02. The Labute approximate surface area is 247 Å². The summed E-state index contributed by atoms with van der Waals surface area (Å²) in [4.78, 5) is 22.1. The molecule has 1 atom stereocenters. The number of rotatable bonds is 7. The first kappa shape index (κ1) is 30.0. The molecule has 8 nitrogen and oxygen atoms in total. The molecule has 3 aromatic rings. The van der Waals surface area contributed by atoms with Gasteiger partial charge in [0.2, 0.25) is 5.96 Å². The fourth-order valence-electron chi connectivity index (χ4n) is 5.48. The monoisotopic (exact) mass is 600 g/mol. The van der Waals surface area contributed by atoms with Gasteiger partial charge in [-0.1, -0.05) is 18.2 Å². The summed E-state index contributed by atoms with van der Waals surface area (Å²) in [5.74, 6) is 0.141. The van der Waals surface area contributed by atoms with Crippen LogP contribution >= 0.6 is 0 Å². The summed E-state index contributed by atoms with van der Waals surface area (Å²) in [5.41, 5.74) is 0.785. The summed E-state index contributed by atoms with van der Waals surface area (Å²) in [5, 5.41) is 0. The molecule has 43 heavy (non-hydrogen) atoms. The second kappa shape index (κ2) is 12.4. The van der Waals surface area contributed by atoms with E-state index in [9.17, 15) is 18.0 Å². The number of nitrogens with zero attached hydrogens (tertiary/aromatic N) is 4. The number of para-hydroxylation sites is 1. The number of carbonyl (C=O) groups is 1. The van der Waals surface area contributed by atoms with Gasteiger partial charge in [-0.05, 0) is 36.4 Å². The maximum atomic E-state index is 15.3. The first-order valence-electron chi connectivity index (χ1n) is 13.8. The molecule has 0 aliphatic carbocycles. The number of esters is 1. The van der Waals surface area contributed by atoms with Crippen LogP contribution in [0.5, 0.6) is 11.5 Å². The quantitative estimate of drug-likeness (QED) is 0.237. The van der Waals surface area contributed by atoms with E-state index >= 15 is 4.39 Å². The number of methoxy groups -OCH3 is 2. The molecule has 0 aromatic heterocycles. The van der Waals surface area contributed by atoms with Gasteiger partial charge in [0.1, 0.15) is 23.0 Å². The van der Waals surface area contributed by atoms with Gasteiger partial charge in [-0.3, -0.25) is 4.79 Å². The van der Waals surface area contributed by atoms with Crippen LogP contribution in [0.15, 0.2) is 65.7 Å². The van der Waals surface area contributed by atoms with Gasteiger partial charge >= 0.3 is 12.1 Å². The van der Waals surface area contributed by atoms with Gasteiger partial charge < -0.3 is 28.9 Å². The van der Waals surface area contributed by atoms with E-state index in [2.05, 4.69) is 4.90 Å². The number of ether oxygens (including phenoxy) is 3. The summed E-state index contributed by atoms with van der Waals surface area (Å²) in [6.07, 6.45) is -4.45. The van der Waals surface area contributed by atoms with Crippen LogP contribution in [0, 0.1) is 5.82 Å². The van der Waals surface area contributed by atoms with E-state index in [0.29, 0.717) is 31.7 Å². The molecule has 1 unspecified atom stereocenters. The number of guanidine groups is 1. The highest BCUT2D eigenvalue weighted by Gasteiger charge is 2.39. The Hall–Kier alpha value is -4.48. The van der Waals surface area contributed by atoms with Crippen molar-refractivity contribution in [2.45, 2.75) is 25.6 Å². The number of alkyl halides is 3. The fraction of sp³-hybridized carbons (Fsp3) is 0.355. The number of aliphatic imine (C=N–C) groups is 1. The van der Waals surface area contributed by atoms with Crippen LogP contribution in [0.3, 0.4) is 0 Å². The van der Waals surface area contributed by atoms with Crippen molar-refractivity contribution < 1.29 is 36.6 Å². The fourth-order valence-corrected chi connectivity index (χ4v) is 5.48. The summed E-state index contributed by atoms with van der Waals surface area (Å²) in [7, 11) is 2.98. The van der Waals surface area contributed by atoms with Crippen LogP contribution in [-0.2, 0) is 15.7 Å². The lowest BCUT2D eigenvalue weighted by Crippen LogP contribution is -2.55. The number of hydrogen-bond donors (Lipinski definition) is 0. The van der Waals surface area contributed by atoms with Crippen molar-refractivity contribution in [1.29, 1.82) is 0 Å².